The van der Waals surface area contributed by atoms with Crippen molar-refractivity contribution in [3.8, 4) is 11.5 Å². The lowest BCUT2D eigenvalue weighted by atomic mass is 10.2. The molecule has 0 radical (unpaired) electrons. The number of benzene rings is 2. The Morgan fingerprint density at radius 3 is 2.73 bits per heavy atom. The fourth-order valence-electron chi connectivity index (χ4n) is 2.36. The second-order valence-corrected chi connectivity index (χ2v) is 5.77. The molecule has 1 atom stereocenters. The lowest BCUT2D eigenvalue weighted by Gasteiger charge is -2.12. The summed E-state index contributed by atoms with van der Waals surface area (Å²) in [6.45, 7) is 1.96. The third kappa shape index (κ3) is 4.63. The lowest BCUT2D eigenvalue weighted by Crippen LogP contribution is -2.38. The average molecular weight is 353 g/mol. The molecule has 0 spiro atoms. The third-order valence-corrected chi connectivity index (χ3v) is 3.76. The van der Waals surface area contributed by atoms with E-state index in [1.165, 1.54) is 6.08 Å². The van der Waals surface area contributed by atoms with Crippen molar-refractivity contribution in [1.82, 2.24) is 5.32 Å². The first-order chi connectivity index (χ1) is 12.6. The molecule has 0 saturated heterocycles. The van der Waals surface area contributed by atoms with Crippen molar-refractivity contribution in [3.63, 3.8) is 0 Å². The van der Waals surface area contributed by atoms with Gasteiger partial charge in [0.2, 0.25) is 12.7 Å². The van der Waals surface area contributed by atoms with Gasteiger partial charge in [0.05, 0.1) is 0 Å². The quantitative estimate of drug-likeness (QED) is 0.638. The Balaban J connectivity index is 1.48. The normalized spacial score (nSPS) is 13.4. The minimum absolute atomic E-state index is 0.174. The highest BCUT2D eigenvalue weighted by atomic mass is 16.7. The number of hydrogen-bond donors (Lipinski definition) is 1. The van der Waals surface area contributed by atoms with E-state index < -0.39 is 12.0 Å². The zero-order valence-electron chi connectivity index (χ0n) is 14.3. The van der Waals surface area contributed by atoms with Gasteiger partial charge in [0, 0.05) is 6.08 Å². The van der Waals surface area contributed by atoms with Crippen LogP contribution in [0.1, 0.15) is 18.1 Å². The van der Waals surface area contributed by atoms with E-state index in [2.05, 4.69) is 5.32 Å². The first-order valence-electron chi connectivity index (χ1n) is 8.20. The molecule has 1 heterocycles. The van der Waals surface area contributed by atoms with Gasteiger partial charge in [-0.05, 0) is 36.3 Å². The van der Waals surface area contributed by atoms with Gasteiger partial charge in [-0.2, -0.15) is 0 Å². The van der Waals surface area contributed by atoms with Crippen LogP contribution < -0.4 is 14.8 Å². The number of rotatable bonds is 6. The summed E-state index contributed by atoms with van der Waals surface area (Å²) in [5.41, 5.74) is 1.69. The first kappa shape index (κ1) is 17.5. The van der Waals surface area contributed by atoms with Gasteiger partial charge in [-0.25, -0.2) is 4.79 Å². The number of esters is 1. The van der Waals surface area contributed by atoms with Gasteiger partial charge in [0.15, 0.2) is 11.5 Å². The Hall–Kier alpha value is -3.28. The molecular formula is C20H19NO5. The zero-order chi connectivity index (χ0) is 18.4. The van der Waals surface area contributed by atoms with Crippen molar-refractivity contribution in [2.45, 2.75) is 19.6 Å². The van der Waals surface area contributed by atoms with Crippen LogP contribution in [0.5, 0.6) is 11.5 Å². The first-order valence-corrected chi connectivity index (χ1v) is 8.20. The molecule has 0 saturated carbocycles. The van der Waals surface area contributed by atoms with Gasteiger partial charge in [0.1, 0.15) is 12.6 Å². The van der Waals surface area contributed by atoms with E-state index in [-0.39, 0.29) is 19.3 Å². The maximum Gasteiger partial charge on any atom is 0.328 e. The van der Waals surface area contributed by atoms with E-state index in [9.17, 15) is 9.59 Å². The largest absolute Gasteiger partial charge is 0.459 e. The molecule has 1 N–H and O–H groups in total. The van der Waals surface area contributed by atoms with Crippen molar-refractivity contribution >= 4 is 18.0 Å². The molecule has 0 bridgehead atoms. The fourth-order valence-corrected chi connectivity index (χ4v) is 2.36. The molecule has 0 aliphatic carbocycles. The van der Waals surface area contributed by atoms with Crippen molar-refractivity contribution in [2.24, 2.45) is 0 Å². The van der Waals surface area contributed by atoms with E-state index >= 15 is 0 Å². The molecule has 0 fully saturated rings. The van der Waals surface area contributed by atoms with Crippen LogP contribution in [0.4, 0.5) is 0 Å². The monoisotopic (exact) mass is 353 g/mol. The number of fused-ring (bicyclic) bond motifs is 1. The van der Waals surface area contributed by atoms with E-state index in [0.717, 1.165) is 11.1 Å². The Morgan fingerprint density at radius 1 is 1.15 bits per heavy atom. The van der Waals surface area contributed by atoms with Crippen LogP contribution in [0.25, 0.3) is 6.08 Å². The van der Waals surface area contributed by atoms with Crippen LogP contribution in [0.2, 0.25) is 0 Å². The standard InChI is InChI=1S/C20H19NO5/c1-14(20(23)24-12-16-5-3-2-4-6-16)21-19(22)10-8-15-7-9-17-18(11-15)26-13-25-17/h2-11,14H,12-13H2,1H3,(H,21,22)/t14-/m0/s1. The maximum absolute atomic E-state index is 12.0. The van der Waals surface area contributed by atoms with Crippen LogP contribution in [0, 0.1) is 0 Å². The minimum Gasteiger partial charge on any atom is -0.459 e. The Labute approximate surface area is 151 Å². The topological polar surface area (TPSA) is 73.9 Å². The molecule has 26 heavy (non-hydrogen) atoms. The van der Waals surface area contributed by atoms with Crippen LogP contribution in [0.15, 0.2) is 54.6 Å². The van der Waals surface area contributed by atoms with Gasteiger partial charge in [-0.3, -0.25) is 4.79 Å². The molecule has 2 aromatic carbocycles. The van der Waals surface area contributed by atoms with Crippen molar-refractivity contribution < 1.29 is 23.8 Å². The van der Waals surface area contributed by atoms with Crippen LogP contribution >= 0.6 is 0 Å². The second kappa shape index (κ2) is 8.20. The average Bonchev–Trinajstić information content (AvgIpc) is 3.13. The zero-order valence-corrected chi connectivity index (χ0v) is 14.3. The summed E-state index contributed by atoms with van der Waals surface area (Å²) in [6.07, 6.45) is 3.00. The van der Waals surface area contributed by atoms with E-state index in [1.54, 1.807) is 25.1 Å². The molecule has 2 aromatic rings. The lowest BCUT2D eigenvalue weighted by molar-refractivity contribution is -0.148. The van der Waals surface area contributed by atoms with Crippen LogP contribution in [-0.2, 0) is 20.9 Å². The minimum atomic E-state index is -0.743. The molecule has 1 aliphatic heterocycles. The van der Waals surface area contributed by atoms with Gasteiger partial charge < -0.3 is 19.5 Å². The molecule has 134 valence electrons. The molecule has 1 aliphatic rings. The van der Waals surface area contributed by atoms with Crippen LogP contribution in [-0.4, -0.2) is 24.7 Å². The van der Waals surface area contributed by atoms with Crippen molar-refractivity contribution in [3.05, 3.63) is 65.7 Å². The van der Waals surface area contributed by atoms with Crippen LogP contribution in [0.3, 0.4) is 0 Å². The molecule has 1 amide bonds. The van der Waals surface area contributed by atoms with E-state index in [4.69, 9.17) is 14.2 Å². The molecular weight excluding hydrogens is 334 g/mol. The highest BCUT2D eigenvalue weighted by molar-refractivity contribution is 5.94. The molecule has 6 heteroatoms. The van der Waals surface area contributed by atoms with Crippen molar-refractivity contribution in [2.75, 3.05) is 6.79 Å². The Kier molecular flexibility index (Phi) is 5.53. The molecule has 6 nitrogen and oxygen atoms in total. The number of nitrogens with one attached hydrogen (secondary N) is 1. The summed E-state index contributed by atoms with van der Waals surface area (Å²) in [6, 6.07) is 14.0. The fraction of sp³-hybridized carbons (Fsp3) is 0.200. The summed E-state index contributed by atoms with van der Waals surface area (Å²) >= 11 is 0. The predicted molar refractivity (Wildman–Crippen MR) is 95.4 cm³/mol. The number of ether oxygens (including phenoxy) is 3. The molecule has 0 aromatic heterocycles. The van der Waals surface area contributed by atoms with Gasteiger partial charge in [-0.15, -0.1) is 0 Å². The van der Waals surface area contributed by atoms with Gasteiger partial charge in [-0.1, -0.05) is 36.4 Å². The second-order valence-electron chi connectivity index (χ2n) is 5.77. The van der Waals surface area contributed by atoms with Gasteiger partial charge in [0.25, 0.3) is 0 Å². The summed E-state index contributed by atoms with van der Waals surface area (Å²) in [4.78, 5) is 23.9. The van der Waals surface area contributed by atoms with Crippen molar-refractivity contribution in [1.29, 1.82) is 0 Å². The number of carbonyl (C=O) groups excluding carboxylic acids is 2. The predicted octanol–water partition coefficient (Wildman–Crippen LogP) is 2.68. The maximum atomic E-state index is 12.0. The molecule has 0 unspecified atom stereocenters. The number of hydrogen-bond acceptors (Lipinski definition) is 5. The Morgan fingerprint density at radius 2 is 1.92 bits per heavy atom. The van der Waals surface area contributed by atoms with E-state index in [0.29, 0.717) is 11.5 Å². The summed E-state index contributed by atoms with van der Waals surface area (Å²) in [5, 5.41) is 2.58. The number of amides is 1. The molecule has 3 rings (SSSR count). The summed E-state index contributed by atoms with van der Waals surface area (Å²) < 4.78 is 15.7. The van der Waals surface area contributed by atoms with Gasteiger partial charge >= 0.3 is 5.97 Å². The summed E-state index contributed by atoms with van der Waals surface area (Å²) in [7, 11) is 0. The highest BCUT2D eigenvalue weighted by Crippen LogP contribution is 2.32. The Bertz CT molecular complexity index is 816. The number of carbonyl (C=O) groups is 2. The van der Waals surface area contributed by atoms with E-state index in [1.807, 2.05) is 36.4 Å². The highest BCUT2D eigenvalue weighted by Gasteiger charge is 2.16. The SMILES string of the molecule is C[C@H](NC(=O)C=Cc1ccc2c(c1)OCO2)C(=O)OCc1ccccc1. The smallest absolute Gasteiger partial charge is 0.328 e. The third-order valence-electron chi connectivity index (χ3n) is 3.76. The summed E-state index contributed by atoms with van der Waals surface area (Å²) in [5.74, 6) is 0.456.